The molecular formula is C15H27NO. The van der Waals surface area contributed by atoms with Crippen molar-refractivity contribution in [1.29, 1.82) is 0 Å². The van der Waals surface area contributed by atoms with Crippen LogP contribution < -0.4 is 0 Å². The molecule has 1 N–H and O–H groups in total. The van der Waals surface area contributed by atoms with Crippen molar-refractivity contribution in [3.63, 3.8) is 0 Å². The molecule has 0 aromatic rings. The summed E-state index contributed by atoms with van der Waals surface area (Å²) in [4.78, 5) is 2.52. The zero-order chi connectivity index (χ0) is 11.8. The first-order valence-electron chi connectivity index (χ1n) is 7.65. The van der Waals surface area contributed by atoms with E-state index in [4.69, 9.17) is 0 Å². The highest BCUT2D eigenvalue weighted by atomic mass is 16.3. The fourth-order valence-electron chi connectivity index (χ4n) is 4.42. The SMILES string of the molecule is OC1(CN2CC3(CCCCC3)C2)CCCCC1. The van der Waals surface area contributed by atoms with Crippen LogP contribution in [0.3, 0.4) is 0 Å². The average Bonchev–Trinajstić information content (AvgIpc) is 2.29. The maximum atomic E-state index is 10.6. The summed E-state index contributed by atoms with van der Waals surface area (Å²) < 4.78 is 0. The first-order valence-corrected chi connectivity index (χ1v) is 7.65. The molecule has 3 rings (SSSR count). The summed E-state index contributed by atoms with van der Waals surface area (Å²) in [5, 5.41) is 10.6. The minimum atomic E-state index is -0.339. The molecule has 0 bridgehead atoms. The van der Waals surface area contributed by atoms with Crippen LogP contribution in [0.25, 0.3) is 0 Å². The second-order valence-electron chi connectivity index (χ2n) is 6.99. The summed E-state index contributed by atoms with van der Waals surface area (Å²) in [5.41, 5.74) is 0.331. The highest BCUT2D eigenvalue weighted by Gasteiger charge is 2.45. The third-order valence-corrected chi connectivity index (χ3v) is 5.33. The zero-order valence-electron chi connectivity index (χ0n) is 11.1. The molecule has 0 amide bonds. The molecule has 1 heterocycles. The Kier molecular flexibility index (Phi) is 3.20. The standard InChI is InChI=1S/C15H27NO/c17-15(9-5-2-6-10-15)13-16-11-14(12-16)7-3-1-4-8-14/h17H,1-13H2. The maximum Gasteiger partial charge on any atom is 0.0774 e. The number of hydrogen-bond donors (Lipinski definition) is 1. The Labute approximate surface area is 105 Å². The number of rotatable bonds is 2. The van der Waals surface area contributed by atoms with Gasteiger partial charge in [0, 0.05) is 19.6 Å². The summed E-state index contributed by atoms with van der Waals surface area (Å²) in [6, 6.07) is 0. The number of β-amino-alcohol motifs (C(OH)–C–C–N with tert-alkyl or cyclic N) is 1. The monoisotopic (exact) mass is 237 g/mol. The Morgan fingerprint density at radius 1 is 0.765 bits per heavy atom. The maximum absolute atomic E-state index is 10.6. The van der Waals surface area contributed by atoms with E-state index in [0.29, 0.717) is 5.41 Å². The van der Waals surface area contributed by atoms with Gasteiger partial charge >= 0.3 is 0 Å². The van der Waals surface area contributed by atoms with Crippen LogP contribution in [0.2, 0.25) is 0 Å². The minimum absolute atomic E-state index is 0.339. The Bertz CT molecular complexity index is 256. The van der Waals surface area contributed by atoms with Crippen molar-refractivity contribution in [3.8, 4) is 0 Å². The summed E-state index contributed by atoms with van der Waals surface area (Å²) in [5.74, 6) is 0. The van der Waals surface area contributed by atoms with Crippen molar-refractivity contribution in [2.24, 2.45) is 5.41 Å². The molecule has 17 heavy (non-hydrogen) atoms. The van der Waals surface area contributed by atoms with Gasteiger partial charge in [0.15, 0.2) is 0 Å². The lowest BCUT2D eigenvalue weighted by atomic mass is 9.68. The summed E-state index contributed by atoms with van der Waals surface area (Å²) >= 11 is 0. The van der Waals surface area contributed by atoms with E-state index in [1.165, 1.54) is 64.5 Å². The lowest BCUT2D eigenvalue weighted by molar-refractivity contribution is -0.0932. The zero-order valence-corrected chi connectivity index (χ0v) is 11.1. The largest absolute Gasteiger partial charge is 0.389 e. The van der Waals surface area contributed by atoms with Gasteiger partial charge in [-0.15, -0.1) is 0 Å². The predicted molar refractivity (Wildman–Crippen MR) is 70.0 cm³/mol. The van der Waals surface area contributed by atoms with E-state index < -0.39 is 0 Å². The highest BCUT2D eigenvalue weighted by molar-refractivity contribution is 4.99. The van der Waals surface area contributed by atoms with E-state index in [0.717, 1.165) is 19.4 Å². The van der Waals surface area contributed by atoms with Crippen molar-refractivity contribution in [1.82, 2.24) is 4.90 Å². The number of aliphatic hydroxyl groups is 1. The molecule has 1 aliphatic heterocycles. The molecule has 0 atom stereocenters. The number of hydrogen-bond acceptors (Lipinski definition) is 2. The second-order valence-corrected chi connectivity index (χ2v) is 6.99. The lowest BCUT2D eigenvalue weighted by Gasteiger charge is -2.54. The number of likely N-dealkylation sites (tertiary alicyclic amines) is 1. The Morgan fingerprint density at radius 3 is 1.88 bits per heavy atom. The van der Waals surface area contributed by atoms with Crippen molar-refractivity contribution in [2.45, 2.75) is 69.8 Å². The van der Waals surface area contributed by atoms with Crippen LogP contribution in [0, 0.1) is 5.41 Å². The molecule has 2 heteroatoms. The van der Waals surface area contributed by atoms with Crippen LogP contribution in [-0.2, 0) is 0 Å². The first-order chi connectivity index (χ1) is 8.20. The van der Waals surface area contributed by atoms with Crippen LogP contribution in [-0.4, -0.2) is 35.2 Å². The smallest absolute Gasteiger partial charge is 0.0774 e. The molecule has 0 unspecified atom stereocenters. The molecule has 2 aliphatic carbocycles. The van der Waals surface area contributed by atoms with E-state index in [-0.39, 0.29) is 5.60 Å². The van der Waals surface area contributed by atoms with Crippen LogP contribution in [0.15, 0.2) is 0 Å². The minimum Gasteiger partial charge on any atom is -0.389 e. The third kappa shape index (κ3) is 2.53. The van der Waals surface area contributed by atoms with Crippen LogP contribution in [0.4, 0.5) is 0 Å². The highest BCUT2D eigenvalue weighted by Crippen LogP contribution is 2.44. The van der Waals surface area contributed by atoms with Gasteiger partial charge in [-0.2, -0.15) is 0 Å². The van der Waals surface area contributed by atoms with Gasteiger partial charge in [0.05, 0.1) is 5.60 Å². The molecule has 1 spiro atoms. The van der Waals surface area contributed by atoms with Gasteiger partial charge in [-0.3, -0.25) is 4.90 Å². The third-order valence-electron chi connectivity index (χ3n) is 5.33. The molecule has 3 fully saturated rings. The molecule has 0 aromatic heterocycles. The van der Waals surface area contributed by atoms with Crippen LogP contribution in [0.1, 0.15) is 64.2 Å². The Hall–Kier alpha value is -0.0800. The van der Waals surface area contributed by atoms with Crippen molar-refractivity contribution >= 4 is 0 Å². The van der Waals surface area contributed by atoms with Gasteiger partial charge in [-0.05, 0) is 31.1 Å². The van der Waals surface area contributed by atoms with Crippen LogP contribution in [0.5, 0.6) is 0 Å². The predicted octanol–water partition coefficient (Wildman–Crippen LogP) is 2.95. The van der Waals surface area contributed by atoms with Crippen molar-refractivity contribution < 1.29 is 5.11 Å². The average molecular weight is 237 g/mol. The summed E-state index contributed by atoms with van der Waals surface area (Å²) in [6.45, 7) is 3.50. The molecule has 0 radical (unpaired) electrons. The normalized spacial score (nSPS) is 32.3. The van der Waals surface area contributed by atoms with Gasteiger partial charge < -0.3 is 5.11 Å². The molecule has 3 aliphatic rings. The molecule has 2 nitrogen and oxygen atoms in total. The molecule has 98 valence electrons. The van der Waals surface area contributed by atoms with Gasteiger partial charge in [0.25, 0.3) is 0 Å². The van der Waals surface area contributed by atoms with Crippen LogP contribution >= 0.6 is 0 Å². The topological polar surface area (TPSA) is 23.5 Å². The summed E-state index contributed by atoms with van der Waals surface area (Å²) in [6.07, 6.45) is 13.1. The van der Waals surface area contributed by atoms with E-state index in [1.54, 1.807) is 0 Å². The Balaban J connectivity index is 1.48. The van der Waals surface area contributed by atoms with Crippen molar-refractivity contribution in [2.75, 3.05) is 19.6 Å². The first kappa shape index (κ1) is 12.0. The van der Waals surface area contributed by atoms with E-state index in [9.17, 15) is 5.11 Å². The molecule has 0 aromatic carbocycles. The molecule has 1 saturated heterocycles. The Morgan fingerprint density at radius 2 is 1.29 bits per heavy atom. The second kappa shape index (κ2) is 4.55. The van der Waals surface area contributed by atoms with E-state index in [1.807, 2.05) is 0 Å². The number of nitrogens with zero attached hydrogens (tertiary/aromatic N) is 1. The molecular weight excluding hydrogens is 210 g/mol. The van der Waals surface area contributed by atoms with E-state index >= 15 is 0 Å². The quantitative estimate of drug-likeness (QED) is 0.798. The van der Waals surface area contributed by atoms with Gasteiger partial charge in [-0.25, -0.2) is 0 Å². The molecule has 2 saturated carbocycles. The van der Waals surface area contributed by atoms with Gasteiger partial charge in [-0.1, -0.05) is 38.5 Å². The van der Waals surface area contributed by atoms with E-state index in [2.05, 4.69) is 4.90 Å². The van der Waals surface area contributed by atoms with Gasteiger partial charge in [0.2, 0.25) is 0 Å². The fourth-order valence-corrected chi connectivity index (χ4v) is 4.42. The lowest BCUT2D eigenvalue weighted by Crippen LogP contribution is -2.60. The summed E-state index contributed by atoms with van der Waals surface area (Å²) in [7, 11) is 0. The van der Waals surface area contributed by atoms with Gasteiger partial charge in [0.1, 0.15) is 0 Å². The van der Waals surface area contributed by atoms with Crippen molar-refractivity contribution in [3.05, 3.63) is 0 Å². The fraction of sp³-hybridized carbons (Fsp3) is 1.00.